The van der Waals surface area contributed by atoms with Crippen LogP contribution in [-0.4, -0.2) is 28.4 Å². The average Bonchev–Trinajstić information content (AvgIpc) is 2.09. The molecule has 0 saturated carbocycles. The second-order valence-electron chi connectivity index (χ2n) is 3.36. The van der Waals surface area contributed by atoms with Gasteiger partial charge in [-0.05, 0) is 6.42 Å². The number of ketones is 1. The number of carboxylic acid groups (broad SMARTS) is 1. The first kappa shape index (κ1) is 10.6. The Morgan fingerprint density at radius 2 is 2.38 bits per heavy atom. The molecule has 1 atom stereocenters. The van der Waals surface area contributed by atoms with Gasteiger partial charge in [-0.2, -0.15) is 11.8 Å². The highest BCUT2D eigenvalue weighted by atomic mass is 32.2. The summed E-state index contributed by atoms with van der Waals surface area (Å²) in [4.78, 5) is 22.6. The topological polar surface area (TPSA) is 54.4 Å². The fraction of sp³-hybridized carbons (Fsp3) is 0.778. The molecule has 1 N–H and O–H groups in total. The van der Waals surface area contributed by atoms with Crippen molar-refractivity contribution in [2.45, 2.75) is 26.2 Å². The van der Waals surface area contributed by atoms with E-state index >= 15 is 0 Å². The summed E-state index contributed by atoms with van der Waals surface area (Å²) in [5.74, 6) is 0.208. The lowest BCUT2D eigenvalue weighted by Crippen LogP contribution is -2.44. The van der Waals surface area contributed by atoms with Crippen LogP contribution in [0.1, 0.15) is 26.2 Å². The number of carbonyl (C=O) groups excluding carboxylic acids is 1. The standard InChI is InChI=1S/C9H14O3S/c1-2-4-9(8(11)12)6-13-5-3-7(9)10/h2-6H2,1H3,(H,11,12). The predicted molar refractivity (Wildman–Crippen MR) is 51.9 cm³/mol. The van der Waals surface area contributed by atoms with Crippen molar-refractivity contribution >= 4 is 23.5 Å². The van der Waals surface area contributed by atoms with E-state index in [9.17, 15) is 9.59 Å². The van der Waals surface area contributed by atoms with Crippen LogP contribution in [0.5, 0.6) is 0 Å². The maximum absolute atomic E-state index is 11.6. The molecular formula is C9H14O3S. The zero-order valence-electron chi connectivity index (χ0n) is 7.71. The minimum atomic E-state index is -1.07. The molecule has 0 aromatic carbocycles. The normalized spacial score (nSPS) is 28.8. The van der Waals surface area contributed by atoms with Crippen LogP contribution >= 0.6 is 11.8 Å². The number of Topliss-reactive ketones (excluding diaryl/α,β-unsaturated/α-hetero) is 1. The van der Waals surface area contributed by atoms with Crippen LogP contribution in [0.3, 0.4) is 0 Å². The van der Waals surface area contributed by atoms with Crippen LogP contribution < -0.4 is 0 Å². The molecule has 1 fully saturated rings. The van der Waals surface area contributed by atoms with Crippen molar-refractivity contribution in [3.8, 4) is 0 Å². The van der Waals surface area contributed by atoms with Gasteiger partial charge in [-0.1, -0.05) is 13.3 Å². The Labute approximate surface area is 81.9 Å². The lowest BCUT2D eigenvalue weighted by molar-refractivity contribution is -0.154. The van der Waals surface area contributed by atoms with Gasteiger partial charge in [-0.3, -0.25) is 9.59 Å². The van der Waals surface area contributed by atoms with Crippen LogP contribution in [0.4, 0.5) is 0 Å². The van der Waals surface area contributed by atoms with Crippen LogP contribution in [0, 0.1) is 5.41 Å². The van der Waals surface area contributed by atoms with E-state index in [0.717, 1.165) is 12.2 Å². The molecule has 3 nitrogen and oxygen atoms in total. The van der Waals surface area contributed by atoms with E-state index in [0.29, 0.717) is 18.6 Å². The zero-order chi connectivity index (χ0) is 9.90. The fourth-order valence-corrected chi connectivity index (χ4v) is 2.91. The number of carbonyl (C=O) groups is 2. The van der Waals surface area contributed by atoms with Crippen molar-refractivity contribution in [3.63, 3.8) is 0 Å². The number of hydrogen-bond donors (Lipinski definition) is 1. The maximum atomic E-state index is 11.6. The van der Waals surface area contributed by atoms with Crippen LogP contribution in [0.25, 0.3) is 0 Å². The molecule has 1 aliphatic heterocycles. The molecule has 0 amide bonds. The fourth-order valence-electron chi connectivity index (χ4n) is 1.66. The van der Waals surface area contributed by atoms with Gasteiger partial charge in [0.15, 0.2) is 5.78 Å². The molecule has 0 aromatic heterocycles. The molecule has 0 radical (unpaired) electrons. The van der Waals surface area contributed by atoms with E-state index in [-0.39, 0.29) is 5.78 Å². The third kappa shape index (κ3) is 1.88. The highest BCUT2D eigenvalue weighted by Gasteiger charge is 2.46. The summed E-state index contributed by atoms with van der Waals surface area (Å²) < 4.78 is 0. The molecule has 0 aliphatic carbocycles. The predicted octanol–water partition coefficient (Wildman–Crippen LogP) is 1.56. The van der Waals surface area contributed by atoms with Gasteiger partial charge in [0.2, 0.25) is 0 Å². The first-order chi connectivity index (χ1) is 6.13. The molecule has 4 heteroatoms. The third-order valence-electron chi connectivity index (χ3n) is 2.44. The summed E-state index contributed by atoms with van der Waals surface area (Å²) >= 11 is 1.57. The molecular weight excluding hydrogens is 188 g/mol. The van der Waals surface area contributed by atoms with Gasteiger partial charge < -0.3 is 5.11 Å². The second kappa shape index (κ2) is 4.13. The summed E-state index contributed by atoms with van der Waals surface area (Å²) in [5.41, 5.74) is -1.07. The minimum absolute atomic E-state index is 0.0828. The Kier molecular flexibility index (Phi) is 3.36. The van der Waals surface area contributed by atoms with E-state index in [2.05, 4.69) is 0 Å². The Balaban J connectivity index is 2.86. The van der Waals surface area contributed by atoms with E-state index in [1.165, 1.54) is 0 Å². The molecule has 1 saturated heterocycles. The van der Waals surface area contributed by atoms with Crippen LogP contribution in [0.2, 0.25) is 0 Å². The molecule has 0 bridgehead atoms. The molecule has 1 rings (SSSR count). The molecule has 1 heterocycles. The number of rotatable bonds is 3. The second-order valence-corrected chi connectivity index (χ2v) is 4.47. The molecule has 1 aliphatic rings. The average molecular weight is 202 g/mol. The summed E-state index contributed by atoms with van der Waals surface area (Å²) in [6.45, 7) is 1.91. The molecule has 1 unspecified atom stereocenters. The van der Waals surface area contributed by atoms with Crippen molar-refractivity contribution in [2.75, 3.05) is 11.5 Å². The zero-order valence-corrected chi connectivity index (χ0v) is 8.52. The van der Waals surface area contributed by atoms with Gasteiger partial charge in [0, 0.05) is 17.9 Å². The van der Waals surface area contributed by atoms with Crippen LogP contribution in [-0.2, 0) is 9.59 Å². The highest BCUT2D eigenvalue weighted by Crippen LogP contribution is 2.35. The Hall–Kier alpha value is -0.510. The highest BCUT2D eigenvalue weighted by molar-refractivity contribution is 7.99. The SMILES string of the molecule is CCCC1(C(=O)O)CSCCC1=O. The van der Waals surface area contributed by atoms with Crippen molar-refractivity contribution < 1.29 is 14.7 Å². The van der Waals surface area contributed by atoms with Crippen molar-refractivity contribution in [2.24, 2.45) is 5.41 Å². The third-order valence-corrected chi connectivity index (χ3v) is 3.63. The molecule has 74 valence electrons. The van der Waals surface area contributed by atoms with Gasteiger partial charge in [-0.15, -0.1) is 0 Å². The van der Waals surface area contributed by atoms with Gasteiger partial charge in [-0.25, -0.2) is 0 Å². The largest absolute Gasteiger partial charge is 0.480 e. The summed E-state index contributed by atoms with van der Waals surface area (Å²) in [6.07, 6.45) is 1.64. The number of thioether (sulfide) groups is 1. The number of hydrogen-bond acceptors (Lipinski definition) is 3. The monoisotopic (exact) mass is 202 g/mol. The lowest BCUT2D eigenvalue weighted by Gasteiger charge is -2.30. The Bertz CT molecular complexity index is 223. The van der Waals surface area contributed by atoms with E-state index < -0.39 is 11.4 Å². The van der Waals surface area contributed by atoms with Gasteiger partial charge in [0.05, 0.1) is 0 Å². The number of aliphatic carboxylic acids is 1. The summed E-state index contributed by atoms with van der Waals surface area (Å²) in [5, 5.41) is 9.06. The van der Waals surface area contributed by atoms with E-state index in [1.54, 1.807) is 11.8 Å². The van der Waals surface area contributed by atoms with Gasteiger partial charge in [0.1, 0.15) is 5.41 Å². The lowest BCUT2D eigenvalue weighted by atomic mass is 9.80. The van der Waals surface area contributed by atoms with Gasteiger partial charge in [0.25, 0.3) is 0 Å². The van der Waals surface area contributed by atoms with E-state index in [1.807, 2.05) is 6.92 Å². The van der Waals surface area contributed by atoms with Gasteiger partial charge >= 0.3 is 5.97 Å². The van der Waals surface area contributed by atoms with Crippen molar-refractivity contribution in [3.05, 3.63) is 0 Å². The smallest absolute Gasteiger partial charge is 0.318 e. The number of carboxylic acids is 1. The Morgan fingerprint density at radius 1 is 1.69 bits per heavy atom. The van der Waals surface area contributed by atoms with E-state index in [4.69, 9.17) is 5.11 Å². The van der Waals surface area contributed by atoms with Crippen molar-refractivity contribution in [1.29, 1.82) is 0 Å². The Morgan fingerprint density at radius 3 is 2.85 bits per heavy atom. The maximum Gasteiger partial charge on any atom is 0.318 e. The minimum Gasteiger partial charge on any atom is -0.480 e. The molecule has 13 heavy (non-hydrogen) atoms. The van der Waals surface area contributed by atoms with Crippen molar-refractivity contribution in [1.82, 2.24) is 0 Å². The van der Waals surface area contributed by atoms with Crippen LogP contribution in [0.15, 0.2) is 0 Å². The quantitative estimate of drug-likeness (QED) is 0.706. The first-order valence-corrected chi connectivity index (χ1v) is 5.63. The molecule has 0 spiro atoms. The summed E-state index contributed by atoms with van der Waals surface area (Å²) in [7, 11) is 0. The first-order valence-electron chi connectivity index (χ1n) is 4.48. The molecule has 0 aromatic rings. The summed E-state index contributed by atoms with van der Waals surface area (Å²) in [6, 6.07) is 0.